The summed E-state index contributed by atoms with van der Waals surface area (Å²) in [7, 11) is 0. The highest BCUT2D eigenvalue weighted by Crippen LogP contribution is 2.16. The molecule has 1 unspecified atom stereocenters. The number of benzene rings is 1. The molecule has 1 fully saturated rings. The van der Waals surface area contributed by atoms with Crippen molar-refractivity contribution in [2.75, 3.05) is 39.4 Å². The zero-order valence-electron chi connectivity index (χ0n) is 12.4. The number of nitrogens with zero attached hydrogens (tertiary/aromatic N) is 1. The lowest BCUT2D eigenvalue weighted by molar-refractivity contribution is 0.0382. The van der Waals surface area contributed by atoms with E-state index >= 15 is 0 Å². The second-order valence-corrected chi connectivity index (χ2v) is 5.47. The number of nitrogens with one attached hydrogen (secondary N) is 1. The van der Waals surface area contributed by atoms with Gasteiger partial charge in [0.25, 0.3) is 0 Å². The van der Waals surface area contributed by atoms with E-state index in [0.717, 1.165) is 39.4 Å². The van der Waals surface area contributed by atoms with Crippen molar-refractivity contribution in [3.8, 4) is 0 Å². The number of hydrogen-bond acceptors (Lipinski definition) is 3. The van der Waals surface area contributed by atoms with E-state index in [-0.39, 0.29) is 0 Å². The zero-order chi connectivity index (χ0) is 13.7. The molecule has 2 rings (SSSR count). The SMILES string of the molecule is Cc1ccc(C(C)NCCN2CCOCC2)cc1C. The van der Waals surface area contributed by atoms with Crippen molar-refractivity contribution < 1.29 is 4.74 Å². The number of morpholine rings is 1. The van der Waals surface area contributed by atoms with Crippen molar-refractivity contribution in [1.82, 2.24) is 10.2 Å². The van der Waals surface area contributed by atoms with Crippen molar-refractivity contribution >= 4 is 0 Å². The number of hydrogen-bond donors (Lipinski definition) is 1. The molecule has 1 saturated heterocycles. The summed E-state index contributed by atoms with van der Waals surface area (Å²) in [4.78, 5) is 2.46. The predicted octanol–water partition coefficient (Wildman–Crippen LogP) is 2.29. The van der Waals surface area contributed by atoms with Crippen LogP contribution in [0.4, 0.5) is 0 Å². The molecule has 1 aromatic carbocycles. The monoisotopic (exact) mass is 262 g/mol. The van der Waals surface area contributed by atoms with Gasteiger partial charge in [-0.05, 0) is 37.5 Å². The van der Waals surface area contributed by atoms with Gasteiger partial charge in [0, 0.05) is 32.2 Å². The maximum absolute atomic E-state index is 5.36. The number of ether oxygens (including phenoxy) is 1. The highest BCUT2D eigenvalue weighted by molar-refractivity contribution is 5.31. The van der Waals surface area contributed by atoms with Crippen LogP contribution < -0.4 is 5.32 Å². The fourth-order valence-electron chi connectivity index (χ4n) is 2.42. The predicted molar refractivity (Wildman–Crippen MR) is 79.6 cm³/mol. The Hall–Kier alpha value is -0.900. The highest BCUT2D eigenvalue weighted by Gasteiger charge is 2.10. The van der Waals surface area contributed by atoms with E-state index in [4.69, 9.17) is 4.74 Å². The minimum atomic E-state index is 0.417. The van der Waals surface area contributed by atoms with Crippen LogP contribution in [0.2, 0.25) is 0 Å². The van der Waals surface area contributed by atoms with Crippen LogP contribution in [-0.4, -0.2) is 44.3 Å². The Kier molecular flexibility index (Phi) is 5.37. The minimum Gasteiger partial charge on any atom is -0.379 e. The molecule has 3 nitrogen and oxygen atoms in total. The summed E-state index contributed by atoms with van der Waals surface area (Å²) >= 11 is 0. The molecule has 0 spiro atoms. The molecule has 0 bridgehead atoms. The summed E-state index contributed by atoms with van der Waals surface area (Å²) < 4.78 is 5.36. The maximum Gasteiger partial charge on any atom is 0.0594 e. The van der Waals surface area contributed by atoms with Crippen molar-refractivity contribution in [3.63, 3.8) is 0 Å². The van der Waals surface area contributed by atoms with Gasteiger partial charge in [0.05, 0.1) is 13.2 Å². The summed E-state index contributed by atoms with van der Waals surface area (Å²) in [6.45, 7) is 12.6. The summed E-state index contributed by atoms with van der Waals surface area (Å²) in [5.41, 5.74) is 4.12. The van der Waals surface area contributed by atoms with Crippen LogP contribution >= 0.6 is 0 Å². The van der Waals surface area contributed by atoms with Gasteiger partial charge in [-0.3, -0.25) is 4.90 Å². The quantitative estimate of drug-likeness (QED) is 0.881. The van der Waals surface area contributed by atoms with Crippen LogP contribution in [0.1, 0.15) is 29.7 Å². The molecule has 0 aromatic heterocycles. The van der Waals surface area contributed by atoms with Crippen LogP contribution in [0.3, 0.4) is 0 Å². The van der Waals surface area contributed by atoms with Gasteiger partial charge in [0.2, 0.25) is 0 Å². The summed E-state index contributed by atoms with van der Waals surface area (Å²) in [6.07, 6.45) is 0. The fraction of sp³-hybridized carbons (Fsp3) is 0.625. The fourth-order valence-corrected chi connectivity index (χ4v) is 2.42. The first kappa shape index (κ1) is 14.5. The van der Waals surface area contributed by atoms with Crippen LogP contribution in [-0.2, 0) is 4.74 Å². The largest absolute Gasteiger partial charge is 0.379 e. The van der Waals surface area contributed by atoms with Gasteiger partial charge in [-0.1, -0.05) is 18.2 Å². The van der Waals surface area contributed by atoms with Crippen molar-refractivity contribution in [1.29, 1.82) is 0 Å². The molecule has 0 amide bonds. The lowest BCUT2D eigenvalue weighted by atomic mass is 10.0. The first-order valence-corrected chi connectivity index (χ1v) is 7.27. The summed E-state index contributed by atoms with van der Waals surface area (Å²) in [5.74, 6) is 0. The first-order valence-electron chi connectivity index (χ1n) is 7.27. The number of rotatable bonds is 5. The molecular formula is C16H26N2O. The molecule has 19 heavy (non-hydrogen) atoms. The van der Waals surface area contributed by atoms with Crippen LogP contribution in [0.15, 0.2) is 18.2 Å². The second kappa shape index (κ2) is 7.04. The molecule has 106 valence electrons. The topological polar surface area (TPSA) is 24.5 Å². The van der Waals surface area contributed by atoms with Gasteiger partial charge in [0.1, 0.15) is 0 Å². The minimum absolute atomic E-state index is 0.417. The smallest absolute Gasteiger partial charge is 0.0594 e. The Morgan fingerprint density at radius 1 is 1.21 bits per heavy atom. The Bertz CT molecular complexity index is 400. The molecule has 1 N–H and O–H groups in total. The van der Waals surface area contributed by atoms with Crippen LogP contribution in [0, 0.1) is 13.8 Å². The molecule has 0 radical (unpaired) electrons. The van der Waals surface area contributed by atoms with E-state index in [2.05, 4.69) is 49.2 Å². The van der Waals surface area contributed by atoms with E-state index in [1.54, 1.807) is 0 Å². The van der Waals surface area contributed by atoms with E-state index in [1.165, 1.54) is 16.7 Å². The first-order chi connectivity index (χ1) is 9.16. The molecule has 0 aliphatic carbocycles. The van der Waals surface area contributed by atoms with Gasteiger partial charge in [-0.15, -0.1) is 0 Å². The van der Waals surface area contributed by atoms with E-state index in [9.17, 15) is 0 Å². The van der Waals surface area contributed by atoms with Crippen LogP contribution in [0.5, 0.6) is 0 Å². The highest BCUT2D eigenvalue weighted by atomic mass is 16.5. The molecule has 1 aromatic rings. The third kappa shape index (κ3) is 4.30. The van der Waals surface area contributed by atoms with Gasteiger partial charge in [-0.2, -0.15) is 0 Å². The standard InChI is InChI=1S/C16H26N2O/c1-13-4-5-16(12-14(13)2)15(3)17-6-7-18-8-10-19-11-9-18/h4-5,12,15,17H,6-11H2,1-3H3. The second-order valence-electron chi connectivity index (χ2n) is 5.47. The summed E-state index contributed by atoms with van der Waals surface area (Å²) in [5, 5.41) is 3.61. The van der Waals surface area contributed by atoms with Gasteiger partial charge < -0.3 is 10.1 Å². The van der Waals surface area contributed by atoms with E-state index < -0.39 is 0 Å². The zero-order valence-corrected chi connectivity index (χ0v) is 12.4. The Morgan fingerprint density at radius 3 is 2.63 bits per heavy atom. The molecule has 0 saturated carbocycles. The Labute approximate surface area is 116 Å². The van der Waals surface area contributed by atoms with E-state index in [0.29, 0.717) is 6.04 Å². The third-order valence-electron chi connectivity index (χ3n) is 4.01. The normalized spacial score (nSPS) is 18.5. The van der Waals surface area contributed by atoms with Crippen LogP contribution in [0.25, 0.3) is 0 Å². The lowest BCUT2D eigenvalue weighted by Crippen LogP contribution is -2.40. The average molecular weight is 262 g/mol. The lowest BCUT2D eigenvalue weighted by Gasteiger charge is -2.27. The Balaban J connectivity index is 1.76. The van der Waals surface area contributed by atoms with Crippen molar-refractivity contribution in [3.05, 3.63) is 34.9 Å². The molecule has 3 heteroatoms. The maximum atomic E-state index is 5.36. The number of aryl methyl sites for hydroxylation is 2. The molecule has 1 aliphatic heterocycles. The van der Waals surface area contributed by atoms with Crippen molar-refractivity contribution in [2.24, 2.45) is 0 Å². The molecule has 1 atom stereocenters. The van der Waals surface area contributed by atoms with Gasteiger partial charge in [0.15, 0.2) is 0 Å². The molecule has 1 aliphatic rings. The van der Waals surface area contributed by atoms with Crippen molar-refractivity contribution in [2.45, 2.75) is 26.8 Å². The van der Waals surface area contributed by atoms with E-state index in [1.807, 2.05) is 0 Å². The van der Waals surface area contributed by atoms with Gasteiger partial charge in [-0.25, -0.2) is 0 Å². The molecular weight excluding hydrogens is 236 g/mol. The van der Waals surface area contributed by atoms with Gasteiger partial charge >= 0.3 is 0 Å². The molecule has 1 heterocycles. The Morgan fingerprint density at radius 2 is 1.95 bits per heavy atom. The average Bonchev–Trinajstić information content (AvgIpc) is 2.43. The summed E-state index contributed by atoms with van der Waals surface area (Å²) in [6, 6.07) is 7.15. The third-order valence-corrected chi connectivity index (χ3v) is 4.01.